The van der Waals surface area contributed by atoms with Gasteiger partial charge >= 0.3 is 17.9 Å². The van der Waals surface area contributed by atoms with E-state index in [4.69, 9.17) is 14.2 Å². The van der Waals surface area contributed by atoms with Crippen molar-refractivity contribution in [3.8, 4) is 0 Å². The zero-order valence-corrected chi connectivity index (χ0v) is 49.4. The van der Waals surface area contributed by atoms with E-state index in [-0.39, 0.29) is 31.1 Å². The van der Waals surface area contributed by atoms with Gasteiger partial charge in [-0.3, -0.25) is 14.4 Å². The largest absolute Gasteiger partial charge is 0.462 e. The Morgan fingerprint density at radius 1 is 0.270 bits per heavy atom. The van der Waals surface area contributed by atoms with Crippen LogP contribution in [0.3, 0.4) is 0 Å². The van der Waals surface area contributed by atoms with Crippen LogP contribution >= 0.6 is 0 Å². The summed E-state index contributed by atoms with van der Waals surface area (Å²) in [6.45, 7) is 6.56. The van der Waals surface area contributed by atoms with Crippen molar-refractivity contribution in [1.82, 2.24) is 0 Å². The van der Waals surface area contributed by atoms with Gasteiger partial charge in [-0.2, -0.15) is 0 Å². The van der Waals surface area contributed by atoms with Crippen LogP contribution in [0, 0.1) is 0 Å². The average Bonchev–Trinajstić information content (AvgIpc) is 3.40. The second-order valence-corrected chi connectivity index (χ2v) is 21.7. The molecule has 0 aliphatic carbocycles. The summed E-state index contributed by atoms with van der Waals surface area (Å²) in [6, 6.07) is 0. The Bertz CT molecular complexity index is 1330. The van der Waals surface area contributed by atoms with Gasteiger partial charge in [-0.25, -0.2) is 0 Å². The van der Waals surface area contributed by atoms with Crippen molar-refractivity contribution in [2.24, 2.45) is 0 Å². The molecule has 74 heavy (non-hydrogen) atoms. The number of allylic oxidation sites excluding steroid dienone is 10. The van der Waals surface area contributed by atoms with Crippen LogP contribution in [0.4, 0.5) is 0 Å². The van der Waals surface area contributed by atoms with E-state index in [0.717, 1.165) is 103 Å². The van der Waals surface area contributed by atoms with E-state index in [9.17, 15) is 14.4 Å². The highest BCUT2D eigenvalue weighted by atomic mass is 16.6. The highest BCUT2D eigenvalue weighted by Gasteiger charge is 2.19. The van der Waals surface area contributed by atoms with Crippen LogP contribution in [0.5, 0.6) is 0 Å². The van der Waals surface area contributed by atoms with E-state index in [1.807, 2.05) is 0 Å². The first-order chi connectivity index (χ1) is 36.5. The van der Waals surface area contributed by atoms with Gasteiger partial charge in [-0.1, -0.05) is 274 Å². The highest BCUT2D eigenvalue weighted by Crippen LogP contribution is 2.17. The molecule has 0 aliphatic rings. The van der Waals surface area contributed by atoms with Gasteiger partial charge in [0.2, 0.25) is 0 Å². The van der Waals surface area contributed by atoms with Crippen LogP contribution in [-0.2, 0) is 28.6 Å². The molecule has 0 aromatic carbocycles. The third-order valence-corrected chi connectivity index (χ3v) is 14.2. The van der Waals surface area contributed by atoms with E-state index in [0.29, 0.717) is 19.3 Å². The molecule has 0 aromatic rings. The van der Waals surface area contributed by atoms with Gasteiger partial charge in [0.05, 0.1) is 0 Å². The Balaban J connectivity index is 4.09. The lowest BCUT2D eigenvalue weighted by atomic mass is 10.0. The number of ether oxygens (including phenoxy) is 3. The molecule has 0 bridgehead atoms. The van der Waals surface area contributed by atoms with Crippen LogP contribution in [0.15, 0.2) is 60.8 Å². The summed E-state index contributed by atoms with van der Waals surface area (Å²) in [4.78, 5) is 38.1. The van der Waals surface area contributed by atoms with E-state index in [1.54, 1.807) is 0 Å². The quantitative estimate of drug-likeness (QED) is 0.0261. The fourth-order valence-corrected chi connectivity index (χ4v) is 9.33. The van der Waals surface area contributed by atoms with E-state index < -0.39 is 6.10 Å². The Kier molecular flexibility index (Phi) is 60.2. The summed E-state index contributed by atoms with van der Waals surface area (Å²) in [6.07, 6.45) is 79.7. The second kappa shape index (κ2) is 62.6. The van der Waals surface area contributed by atoms with Crippen LogP contribution in [0.1, 0.15) is 335 Å². The molecule has 430 valence electrons. The van der Waals surface area contributed by atoms with Gasteiger partial charge < -0.3 is 14.2 Å². The van der Waals surface area contributed by atoms with Crippen LogP contribution in [0.25, 0.3) is 0 Å². The monoisotopic (exact) mass is 1030 g/mol. The summed E-state index contributed by atoms with van der Waals surface area (Å²) >= 11 is 0. The fourth-order valence-electron chi connectivity index (χ4n) is 9.33. The predicted molar refractivity (Wildman–Crippen MR) is 321 cm³/mol. The van der Waals surface area contributed by atoms with Gasteiger partial charge in [0.25, 0.3) is 0 Å². The number of hydrogen-bond donors (Lipinski definition) is 0. The predicted octanol–water partition coefficient (Wildman–Crippen LogP) is 21.9. The summed E-state index contributed by atoms with van der Waals surface area (Å²) < 4.78 is 16.9. The summed E-state index contributed by atoms with van der Waals surface area (Å²) in [5, 5.41) is 0. The molecule has 0 saturated heterocycles. The first-order valence-corrected chi connectivity index (χ1v) is 32.3. The lowest BCUT2D eigenvalue weighted by molar-refractivity contribution is -0.167. The maximum Gasteiger partial charge on any atom is 0.306 e. The highest BCUT2D eigenvalue weighted by molar-refractivity contribution is 5.71. The van der Waals surface area contributed by atoms with Crippen LogP contribution in [-0.4, -0.2) is 37.2 Å². The third-order valence-electron chi connectivity index (χ3n) is 14.2. The second-order valence-electron chi connectivity index (χ2n) is 21.7. The zero-order valence-electron chi connectivity index (χ0n) is 49.4. The smallest absolute Gasteiger partial charge is 0.306 e. The van der Waals surface area contributed by atoms with Crippen molar-refractivity contribution in [2.45, 2.75) is 341 Å². The van der Waals surface area contributed by atoms with Crippen molar-refractivity contribution in [3.05, 3.63) is 60.8 Å². The Morgan fingerprint density at radius 2 is 0.514 bits per heavy atom. The summed E-state index contributed by atoms with van der Waals surface area (Å²) in [5.41, 5.74) is 0. The lowest BCUT2D eigenvalue weighted by Crippen LogP contribution is -2.30. The van der Waals surface area contributed by atoms with Gasteiger partial charge in [0.1, 0.15) is 13.2 Å². The minimum absolute atomic E-state index is 0.0798. The number of carbonyl (C=O) groups excluding carboxylic acids is 3. The first kappa shape index (κ1) is 71.1. The molecule has 0 amide bonds. The molecule has 0 fully saturated rings. The molecule has 0 N–H and O–H groups in total. The van der Waals surface area contributed by atoms with Crippen molar-refractivity contribution in [3.63, 3.8) is 0 Å². The average molecular weight is 1040 g/mol. The van der Waals surface area contributed by atoms with Crippen molar-refractivity contribution in [1.29, 1.82) is 0 Å². The lowest BCUT2D eigenvalue weighted by Gasteiger charge is -2.18. The molecule has 1 unspecified atom stereocenters. The molecule has 0 aromatic heterocycles. The van der Waals surface area contributed by atoms with Gasteiger partial charge in [-0.15, -0.1) is 0 Å². The molecular weight excluding hydrogens is 913 g/mol. The molecule has 0 radical (unpaired) electrons. The number of hydrogen-bond acceptors (Lipinski definition) is 6. The fraction of sp³-hybridized carbons (Fsp3) is 0.809. The Hall–Kier alpha value is -2.89. The van der Waals surface area contributed by atoms with E-state index >= 15 is 0 Å². The molecule has 6 nitrogen and oxygen atoms in total. The molecule has 0 spiro atoms. The minimum Gasteiger partial charge on any atom is -0.462 e. The summed E-state index contributed by atoms with van der Waals surface area (Å²) in [5.74, 6) is -0.891. The molecule has 0 heterocycles. The first-order valence-electron chi connectivity index (χ1n) is 32.3. The van der Waals surface area contributed by atoms with Crippen molar-refractivity contribution < 1.29 is 28.6 Å². The third kappa shape index (κ3) is 60.0. The number of carbonyl (C=O) groups is 3. The molecular formula is C68H122O6. The van der Waals surface area contributed by atoms with E-state index in [2.05, 4.69) is 81.5 Å². The molecule has 1 atom stereocenters. The topological polar surface area (TPSA) is 78.9 Å². The van der Waals surface area contributed by atoms with Gasteiger partial charge in [-0.05, 0) is 103 Å². The Morgan fingerprint density at radius 3 is 0.838 bits per heavy atom. The van der Waals surface area contributed by atoms with Crippen molar-refractivity contribution in [2.75, 3.05) is 13.2 Å². The van der Waals surface area contributed by atoms with Gasteiger partial charge in [0, 0.05) is 19.3 Å². The molecule has 0 aliphatic heterocycles. The normalized spacial score (nSPS) is 12.4. The zero-order chi connectivity index (χ0) is 53.6. The van der Waals surface area contributed by atoms with Crippen LogP contribution < -0.4 is 0 Å². The van der Waals surface area contributed by atoms with E-state index in [1.165, 1.54) is 193 Å². The molecule has 0 saturated carbocycles. The van der Waals surface area contributed by atoms with Crippen LogP contribution in [0.2, 0.25) is 0 Å². The maximum absolute atomic E-state index is 12.8. The SMILES string of the molecule is CCC/C=C\CCCCCCCC(=O)OCC(COC(=O)CCCCCCCCCCCCCCCCCCCCC/C=C\C/C=C\CCCCCCC)OC(=O)CCCCCCC/C=C\C/C=C\CCCCC. The minimum atomic E-state index is -0.783. The number of unbranched alkanes of at least 4 members (excludes halogenated alkanes) is 38. The van der Waals surface area contributed by atoms with Gasteiger partial charge in [0.15, 0.2) is 6.10 Å². The molecule has 6 heteroatoms. The number of esters is 3. The number of rotatable bonds is 59. The Labute approximate surface area is 460 Å². The molecule has 0 rings (SSSR count). The standard InChI is InChI=1S/C68H122O6/c1-4-7-10-13-16-19-22-24-26-27-28-29-30-31-32-33-34-35-36-37-38-39-40-41-43-44-46-49-52-55-58-61-67(70)73-64-65(63-72-66(69)60-57-54-51-48-21-18-15-12-9-6-3)74-68(71)62-59-56-53-50-47-45-42-25-23-20-17-14-11-8-5-2/h12,15,17,20,22,24-25,27-28,42,65H,4-11,13-14,16,18-19,21,23,26,29-41,43-64H2,1-3H3/b15-12-,20-17-,24-22-,28-27-,42-25-. The maximum atomic E-state index is 12.8. The summed E-state index contributed by atoms with van der Waals surface area (Å²) in [7, 11) is 0. The van der Waals surface area contributed by atoms with Crippen molar-refractivity contribution >= 4 is 17.9 Å².